The molecular weight excluding hydrogens is 437 g/mol. The van der Waals surface area contributed by atoms with Gasteiger partial charge < -0.3 is 19.1 Å². The number of nitrogens with zero attached hydrogens (tertiary/aromatic N) is 2. The maximum absolute atomic E-state index is 14.3. The summed E-state index contributed by atoms with van der Waals surface area (Å²) in [5.41, 5.74) is 4.15. The fourth-order valence-corrected chi connectivity index (χ4v) is 4.59. The van der Waals surface area contributed by atoms with Gasteiger partial charge >= 0.3 is 0 Å². The van der Waals surface area contributed by atoms with E-state index in [-0.39, 0.29) is 18.5 Å². The molecule has 170 valence electrons. The summed E-state index contributed by atoms with van der Waals surface area (Å²) in [7, 11) is 1.61. The van der Waals surface area contributed by atoms with Crippen LogP contribution in [0.4, 0.5) is 4.39 Å². The molecule has 3 heterocycles. The molecule has 0 bridgehead atoms. The first-order valence-electron chi connectivity index (χ1n) is 10.8. The van der Waals surface area contributed by atoms with Crippen molar-refractivity contribution in [3.8, 4) is 28.5 Å². The zero-order valence-electron chi connectivity index (χ0n) is 18.2. The van der Waals surface area contributed by atoms with Gasteiger partial charge in [-0.3, -0.25) is 9.89 Å². The van der Waals surface area contributed by atoms with Crippen molar-refractivity contribution in [3.63, 3.8) is 0 Å². The fourth-order valence-electron chi connectivity index (χ4n) is 4.59. The van der Waals surface area contributed by atoms with Crippen LogP contribution in [0, 0.1) is 5.82 Å². The highest BCUT2D eigenvalue weighted by Gasteiger charge is 2.42. The van der Waals surface area contributed by atoms with Crippen LogP contribution < -0.4 is 14.2 Å². The third kappa shape index (κ3) is 3.26. The summed E-state index contributed by atoms with van der Waals surface area (Å²) < 4.78 is 30.4. The number of hydrogen-bond donors (Lipinski definition) is 1. The molecule has 0 spiro atoms. The Morgan fingerprint density at radius 2 is 1.91 bits per heavy atom. The van der Waals surface area contributed by atoms with Crippen LogP contribution in [0.5, 0.6) is 17.2 Å². The van der Waals surface area contributed by atoms with Gasteiger partial charge in [-0.05, 0) is 59.7 Å². The van der Waals surface area contributed by atoms with Crippen LogP contribution in [-0.2, 0) is 6.54 Å². The summed E-state index contributed by atoms with van der Waals surface area (Å²) in [5, 5.41) is 7.38. The molecule has 4 aromatic rings. The number of carbonyl (C=O) groups excluding carboxylic acids is 1. The number of amides is 1. The molecule has 0 fully saturated rings. The SMILES string of the molecule is COc1ccc(-c2n[nH]c3c2C(c2cccc(F)c2)N(Cc2ccc4c(c2)OCO4)C3=O)cc1. The lowest BCUT2D eigenvalue weighted by Crippen LogP contribution is -2.29. The molecule has 3 aromatic carbocycles. The normalized spacial score (nSPS) is 16.1. The Morgan fingerprint density at radius 1 is 1.09 bits per heavy atom. The van der Waals surface area contributed by atoms with Gasteiger partial charge in [0, 0.05) is 17.7 Å². The lowest BCUT2D eigenvalue weighted by Gasteiger charge is -2.26. The predicted octanol–water partition coefficient (Wildman–Crippen LogP) is 4.70. The number of halogens is 1. The van der Waals surface area contributed by atoms with Crippen LogP contribution in [-0.4, -0.2) is 34.9 Å². The van der Waals surface area contributed by atoms with Crippen molar-refractivity contribution in [2.45, 2.75) is 12.6 Å². The van der Waals surface area contributed by atoms with Crippen molar-refractivity contribution in [3.05, 3.63) is 94.9 Å². The van der Waals surface area contributed by atoms with Gasteiger partial charge in [0.25, 0.3) is 5.91 Å². The van der Waals surface area contributed by atoms with E-state index in [9.17, 15) is 9.18 Å². The highest BCUT2D eigenvalue weighted by Crippen LogP contribution is 2.44. The molecule has 1 unspecified atom stereocenters. The molecule has 1 amide bonds. The quantitative estimate of drug-likeness (QED) is 0.470. The first-order chi connectivity index (χ1) is 16.6. The summed E-state index contributed by atoms with van der Waals surface area (Å²) in [4.78, 5) is 15.3. The number of rotatable bonds is 5. The van der Waals surface area contributed by atoms with Crippen LogP contribution in [0.2, 0.25) is 0 Å². The lowest BCUT2D eigenvalue weighted by molar-refractivity contribution is 0.0729. The molecule has 0 saturated carbocycles. The van der Waals surface area contributed by atoms with Gasteiger partial charge in [0.1, 0.15) is 17.3 Å². The Balaban J connectivity index is 1.45. The number of benzene rings is 3. The minimum absolute atomic E-state index is 0.175. The number of H-pyrrole nitrogens is 1. The van der Waals surface area contributed by atoms with E-state index in [0.717, 1.165) is 22.4 Å². The van der Waals surface area contributed by atoms with Crippen molar-refractivity contribution in [1.82, 2.24) is 15.1 Å². The maximum atomic E-state index is 14.3. The molecule has 2 aliphatic rings. The second kappa shape index (κ2) is 7.91. The molecule has 8 heteroatoms. The van der Waals surface area contributed by atoms with E-state index in [4.69, 9.17) is 14.2 Å². The predicted molar refractivity (Wildman–Crippen MR) is 121 cm³/mol. The van der Waals surface area contributed by atoms with Crippen LogP contribution in [0.25, 0.3) is 11.3 Å². The average Bonchev–Trinajstić information content (AvgIpc) is 3.56. The summed E-state index contributed by atoms with van der Waals surface area (Å²) in [6.07, 6.45) is 0. The van der Waals surface area contributed by atoms with Crippen molar-refractivity contribution in [2.24, 2.45) is 0 Å². The van der Waals surface area contributed by atoms with E-state index in [1.54, 1.807) is 18.1 Å². The number of methoxy groups -OCH3 is 1. The van der Waals surface area contributed by atoms with Crippen molar-refractivity contribution < 1.29 is 23.4 Å². The fraction of sp³-hybridized carbons (Fsp3) is 0.154. The number of aromatic nitrogens is 2. The van der Waals surface area contributed by atoms with Crippen molar-refractivity contribution in [2.75, 3.05) is 13.9 Å². The van der Waals surface area contributed by atoms with E-state index >= 15 is 0 Å². The van der Waals surface area contributed by atoms with E-state index in [1.165, 1.54) is 12.1 Å². The van der Waals surface area contributed by atoms with E-state index < -0.39 is 6.04 Å². The first kappa shape index (κ1) is 20.3. The number of fused-ring (bicyclic) bond motifs is 2. The zero-order valence-corrected chi connectivity index (χ0v) is 18.2. The monoisotopic (exact) mass is 457 g/mol. The molecule has 0 aliphatic carbocycles. The Morgan fingerprint density at radius 3 is 2.71 bits per heavy atom. The van der Waals surface area contributed by atoms with Gasteiger partial charge in [-0.15, -0.1) is 0 Å². The van der Waals surface area contributed by atoms with Gasteiger partial charge in [0.15, 0.2) is 11.5 Å². The second-order valence-corrected chi connectivity index (χ2v) is 8.17. The molecule has 6 rings (SSSR count). The van der Waals surface area contributed by atoms with E-state index in [1.807, 2.05) is 48.5 Å². The minimum atomic E-state index is -0.514. The van der Waals surface area contributed by atoms with Gasteiger partial charge in [0.05, 0.1) is 18.8 Å². The Labute approximate surface area is 194 Å². The van der Waals surface area contributed by atoms with E-state index in [0.29, 0.717) is 35.0 Å². The topological polar surface area (TPSA) is 76.7 Å². The smallest absolute Gasteiger partial charge is 0.273 e. The lowest BCUT2D eigenvalue weighted by atomic mass is 9.95. The Kier molecular flexibility index (Phi) is 4.72. The molecule has 7 nitrogen and oxygen atoms in total. The molecule has 34 heavy (non-hydrogen) atoms. The summed E-state index contributed by atoms with van der Waals surface area (Å²) in [6, 6.07) is 18.9. The Bertz CT molecular complexity index is 1400. The molecule has 0 radical (unpaired) electrons. The first-order valence-corrected chi connectivity index (χ1v) is 10.8. The number of aromatic amines is 1. The molecular formula is C26H20FN3O4. The van der Waals surface area contributed by atoms with Crippen molar-refractivity contribution >= 4 is 5.91 Å². The van der Waals surface area contributed by atoms with Gasteiger partial charge in [0.2, 0.25) is 6.79 Å². The van der Waals surface area contributed by atoms with Gasteiger partial charge in [-0.2, -0.15) is 5.10 Å². The molecule has 0 saturated heterocycles. The molecule has 1 aromatic heterocycles. The van der Waals surface area contributed by atoms with E-state index in [2.05, 4.69) is 10.2 Å². The minimum Gasteiger partial charge on any atom is -0.497 e. The average molecular weight is 457 g/mol. The zero-order chi connectivity index (χ0) is 23.2. The maximum Gasteiger partial charge on any atom is 0.273 e. The summed E-state index contributed by atoms with van der Waals surface area (Å²) >= 11 is 0. The van der Waals surface area contributed by atoms with Crippen LogP contribution >= 0.6 is 0 Å². The molecule has 1 atom stereocenters. The van der Waals surface area contributed by atoms with Gasteiger partial charge in [-0.1, -0.05) is 18.2 Å². The number of hydrogen-bond acceptors (Lipinski definition) is 5. The number of carbonyl (C=O) groups is 1. The summed E-state index contributed by atoms with van der Waals surface area (Å²) in [6.45, 7) is 0.482. The number of nitrogens with one attached hydrogen (secondary N) is 1. The van der Waals surface area contributed by atoms with Crippen molar-refractivity contribution in [1.29, 1.82) is 0 Å². The van der Waals surface area contributed by atoms with Crippen LogP contribution in [0.15, 0.2) is 66.7 Å². The number of ether oxygens (including phenoxy) is 3. The van der Waals surface area contributed by atoms with Crippen LogP contribution in [0.1, 0.15) is 33.2 Å². The molecule has 2 aliphatic heterocycles. The highest BCUT2D eigenvalue weighted by molar-refractivity contribution is 6.00. The largest absolute Gasteiger partial charge is 0.497 e. The second-order valence-electron chi connectivity index (χ2n) is 8.17. The highest BCUT2D eigenvalue weighted by atomic mass is 19.1. The Hall–Kier alpha value is -4.33. The standard InChI is InChI=1S/C26H20FN3O4/c1-32-19-8-6-16(7-9-19)23-22-24(29-28-23)26(31)30(25(22)17-3-2-4-18(27)12-17)13-15-5-10-20-21(11-15)34-14-33-20/h2-12,25H,13-14H2,1H3,(H,28,29). The third-order valence-electron chi connectivity index (χ3n) is 6.18. The molecule has 1 N–H and O–H groups in total. The summed E-state index contributed by atoms with van der Waals surface area (Å²) in [5.74, 6) is 1.48. The van der Waals surface area contributed by atoms with Gasteiger partial charge in [-0.25, -0.2) is 4.39 Å². The third-order valence-corrected chi connectivity index (χ3v) is 6.18. The van der Waals surface area contributed by atoms with Crippen LogP contribution in [0.3, 0.4) is 0 Å².